The Hall–Kier alpha value is -3.60. The first-order valence-electron chi connectivity index (χ1n) is 11.6. The predicted octanol–water partition coefficient (Wildman–Crippen LogP) is 5.18. The van der Waals surface area contributed by atoms with Crippen LogP contribution in [0.2, 0.25) is 0 Å². The van der Waals surface area contributed by atoms with Crippen molar-refractivity contribution < 1.29 is 27.0 Å². The summed E-state index contributed by atoms with van der Waals surface area (Å²) in [5.74, 6) is -1.24. The second-order valence-electron chi connectivity index (χ2n) is 8.93. The van der Waals surface area contributed by atoms with Gasteiger partial charge in [0.2, 0.25) is 5.95 Å². The van der Waals surface area contributed by atoms with Gasteiger partial charge in [-0.15, -0.1) is 13.2 Å². The Bertz CT molecular complexity index is 1280. The fourth-order valence-electron chi connectivity index (χ4n) is 4.50. The summed E-state index contributed by atoms with van der Waals surface area (Å²) < 4.78 is 64.3. The Balaban J connectivity index is 1.54. The number of benzene rings is 2. The number of nitrogens with zero attached hydrogens (tertiary/aromatic N) is 3. The van der Waals surface area contributed by atoms with Crippen LogP contribution in [0.25, 0.3) is 11.3 Å². The summed E-state index contributed by atoms with van der Waals surface area (Å²) in [7, 11) is 0. The molecule has 0 spiro atoms. The van der Waals surface area contributed by atoms with Crippen molar-refractivity contribution in [2.45, 2.75) is 39.2 Å². The third kappa shape index (κ3) is 5.01. The Morgan fingerprint density at radius 3 is 2.78 bits per heavy atom. The third-order valence-electron chi connectivity index (χ3n) is 6.14. The summed E-state index contributed by atoms with van der Waals surface area (Å²) in [6.45, 7) is 6.16. The lowest BCUT2D eigenvalue weighted by atomic mass is 10.0. The molecule has 0 saturated carbocycles. The van der Waals surface area contributed by atoms with Gasteiger partial charge in [-0.3, -0.25) is 0 Å². The molecular weight excluding hydrogens is 478 g/mol. The van der Waals surface area contributed by atoms with Gasteiger partial charge in [0.25, 0.3) is 0 Å². The highest BCUT2D eigenvalue weighted by molar-refractivity contribution is 5.77. The number of nitrogens with one attached hydrogen (secondary N) is 2. The minimum atomic E-state index is -4.95. The number of ether oxygens (including phenoxy) is 2. The zero-order chi connectivity index (χ0) is 25.4. The molecule has 0 unspecified atom stereocenters. The fraction of sp³-hybridized carbons (Fsp3) is 0.360. The smallest absolute Gasteiger partial charge is 0.486 e. The van der Waals surface area contributed by atoms with Crippen LogP contribution in [0.3, 0.4) is 0 Å². The van der Waals surface area contributed by atoms with E-state index in [0.717, 1.165) is 37.5 Å². The first-order valence-corrected chi connectivity index (χ1v) is 11.6. The molecule has 3 aromatic rings. The van der Waals surface area contributed by atoms with Crippen LogP contribution in [0.1, 0.15) is 25.0 Å². The van der Waals surface area contributed by atoms with Crippen molar-refractivity contribution >= 4 is 17.3 Å². The molecule has 0 atom stereocenters. The highest BCUT2D eigenvalue weighted by atomic mass is 19.4. The molecule has 3 heterocycles. The molecule has 2 aliphatic heterocycles. The number of anilines is 3. The molecule has 1 aromatic heterocycles. The number of aromatic nitrogens is 2. The maximum Gasteiger partial charge on any atom is 0.573 e. The van der Waals surface area contributed by atoms with E-state index in [2.05, 4.69) is 25.3 Å². The maximum atomic E-state index is 14.9. The Morgan fingerprint density at radius 1 is 1.17 bits per heavy atom. The summed E-state index contributed by atoms with van der Waals surface area (Å²) in [5.41, 5.74) is 3.47. The standard InChI is InChI=1S/C25H25F4N5O2/c1-14(2)34-7-8-35-23-20(34)10-17(11-21(23)36-25(27,28)29)22-19(26)13-31-24(33-22)32-18-4-3-16-12-30-6-5-15(16)9-18/h3-4,9-11,13-14,30H,5-8,12H2,1-2H3,(H,31,32,33). The van der Waals surface area contributed by atoms with Gasteiger partial charge in [-0.25, -0.2) is 14.4 Å². The van der Waals surface area contributed by atoms with Crippen LogP contribution < -0.4 is 25.0 Å². The molecule has 0 bridgehead atoms. The van der Waals surface area contributed by atoms with E-state index >= 15 is 0 Å². The molecular formula is C25H25F4N5O2. The van der Waals surface area contributed by atoms with Crippen molar-refractivity contribution in [3.8, 4) is 22.8 Å². The van der Waals surface area contributed by atoms with E-state index < -0.39 is 17.9 Å². The van der Waals surface area contributed by atoms with Crippen molar-refractivity contribution in [2.75, 3.05) is 29.9 Å². The van der Waals surface area contributed by atoms with Gasteiger partial charge in [0.05, 0.1) is 18.4 Å². The first-order chi connectivity index (χ1) is 17.2. The maximum absolute atomic E-state index is 14.9. The van der Waals surface area contributed by atoms with Crippen molar-refractivity contribution in [3.63, 3.8) is 0 Å². The van der Waals surface area contributed by atoms with E-state index in [-0.39, 0.29) is 35.6 Å². The number of hydrogen-bond acceptors (Lipinski definition) is 7. The van der Waals surface area contributed by atoms with Crippen LogP contribution in [0.5, 0.6) is 11.5 Å². The second-order valence-corrected chi connectivity index (χ2v) is 8.93. The molecule has 11 heteroatoms. The van der Waals surface area contributed by atoms with E-state index in [1.54, 1.807) is 6.07 Å². The van der Waals surface area contributed by atoms with Gasteiger partial charge in [0.1, 0.15) is 12.3 Å². The average molecular weight is 504 g/mol. The number of fused-ring (bicyclic) bond motifs is 2. The van der Waals surface area contributed by atoms with Gasteiger partial charge in [0, 0.05) is 23.8 Å². The number of rotatable bonds is 5. The zero-order valence-corrected chi connectivity index (χ0v) is 19.7. The SMILES string of the molecule is CC(C)N1CCOc2c(OC(F)(F)F)cc(-c3nc(Nc4ccc5c(c4)CCNC5)ncc3F)cc21. The van der Waals surface area contributed by atoms with E-state index in [0.29, 0.717) is 12.2 Å². The Morgan fingerprint density at radius 2 is 2.00 bits per heavy atom. The first kappa shape index (κ1) is 24.1. The molecule has 0 radical (unpaired) electrons. The molecule has 190 valence electrons. The quantitative estimate of drug-likeness (QED) is 0.465. The molecule has 0 aliphatic carbocycles. The summed E-state index contributed by atoms with van der Waals surface area (Å²) in [4.78, 5) is 10.2. The van der Waals surface area contributed by atoms with Gasteiger partial charge in [-0.05, 0) is 62.2 Å². The lowest BCUT2D eigenvalue weighted by Crippen LogP contribution is -2.38. The van der Waals surface area contributed by atoms with Gasteiger partial charge in [-0.2, -0.15) is 0 Å². The van der Waals surface area contributed by atoms with Crippen LogP contribution in [0.4, 0.5) is 34.9 Å². The third-order valence-corrected chi connectivity index (χ3v) is 6.14. The Labute approximate surface area is 205 Å². The highest BCUT2D eigenvalue weighted by Crippen LogP contribution is 2.46. The summed E-state index contributed by atoms with van der Waals surface area (Å²) in [5, 5.41) is 6.39. The van der Waals surface area contributed by atoms with Crippen LogP contribution in [-0.4, -0.2) is 42.1 Å². The minimum absolute atomic E-state index is 0.0340. The summed E-state index contributed by atoms with van der Waals surface area (Å²) in [6.07, 6.45) is -3.08. The van der Waals surface area contributed by atoms with Crippen LogP contribution >= 0.6 is 0 Å². The molecule has 36 heavy (non-hydrogen) atoms. The predicted molar refractivity (Wildman–Crippen MR) is 127 cm³/mol. The van der Waals surface area contributed by atoms with Crippen molar-refractivity contribution in [2.24, 2.45) is 0 Å². The molecule has 7 nitrogen and oxygen atoms in total. The van der Waals surface area contributed by atoms with Gasteiger partial charge >= 0.3 is 6.36 Å². The van der Waals surface area contributed by atoms with Crippen LogP contribution in [0.15, 0.2) is 36.5 Å². The summed E-state index contributed by atoms with van der Waals surface area (Å²) >= 11 is 0. The molecule has 0 amide bonds. The largest absolute Gasteiger partial charge is 0.573 e. The monoisotopic (exact) mass is 503 g/mol. The zero-order valence-electron chi connectivity index (χ0n) is 19.7. The average Bonchev–Trinajstić information content (AvgIpc) is 2.83. The van der Waals surface area contributed by atoms with Crippen LogP contribution in [-0.2, 0) is 13.0 Å². The lowest BCUT2D eigenvalue weighted by Gasteiger charge is -2.35. The highest BCUT2D eigenvalue weighted by Gasteiger charge is 2.35. The second kappa shape index (κ2) is 9.45. The van der Waals surface area contributed by atoms with Crippen molar-refractivity contribution in [3.05, 3.63) is 53.5 Å². The lowest BCUT2D eigenvalue weighted by molar-refractivity contribution is -0.275. The number of hydrogen-bond donors (Lipinski definition) is 2. The van der Waals surface area contributed by atoms with Gasteiger partial charge in [0.15, 0.2) is 17.3 Å². The van der Waals surface area contributed by atoms with Crippen LogP contribution in [0, 0.1) is 5.82 Å². The molecule has 2 aromatic carbocycles. The van der Waals surface area contributed by atoms with Crippen molar-refractivity contribution in [1.29, 1.82) is 0 Å². The molecule has 2 aliphatic rings. The number of halogens is 4. The van der Waals surface area contributed by atoms with E-state index in [9.17, 15) is 17.6 Å². The molecule has 0 saturated heterocycles. The normalized spacial score (nSPS) is 15.2. The van der Waals surface area contributed by atoms with E-state index in [1.807, 2.05) is 36.9 Å². The topological polar surface area (TPSA) is 71.5 Å². The summed E-state index contributed by atoms with van der Waals surface area (Å²) in [6, 6.07) is 8.50. The van der Waals surface area contributed by atoms with E-state index in [4.69, 9.17) is 4.74 Å². The number of alkyl halides is 3. The molecule has 5 rings (SSSR count). The Kier molecular flexibility index (Phi) is 6.33. The van der Waals surface area contributed by atoms with Gasteiger partial charge < -0.3 is 25.0 Å². The molecule has 0 fully saturated rings. The molecule has 2 N–H and O–H groups in total. The fourth-order valence-corrected chi connectivity index (χ4v) is 4.50. The van der Waals surface area contributed by atoms with Gasteiger partial charge in [-0.1, -0.05) is 6.07 Å². The van der Waals surface area contributed by atoms with E-state index in [1.165, 1.54) is 11.1 Å². The van der Waals surface area contributed by atoms with Crippen molar-refractivity contribution in [1.82, 2.24) is 15.3 Å². The minimum Gasteiger partial charge on any atom is -0.486 e.